The summed E-state index contributed by atoms with van der Waals surface area (Å²) in [4.78, 5) is 12.8. The number of hydrogen-bond donors (Lipinski definition) is 0. The molecule has 0 spiro atoms. The van der Waals surface area contributed by atoms with Crippen molar-refractivity contribution in [1.29, 1.82) is 0 Å². The normalized spacial score (nSPS) is 14.1. The maximum Gasteiger partial charge on any atom is 0.232 e. The molecule has 3 aromatic rings. The molecule has 146 valence electrons. The summed E-state index contributed by atoms with van der Waals surface area (Å²) in [6, 6.07) is 16.1. The van der Waals surface area contributed by atoms with Crippen molar-refractivity contribution in [2.45, 2.75) is 13.5 Å². The molecule has 3 aromatic carbocycles. The molecule has 0 bridgehead atoms. The molecule has 0 atom stereocenters. The van der Waals surface area contributed by atoms with Crippen LogP contribution in [0.5, 0.6) is 11.5 Å². The standard InChI is InChI=1S/C23H15Cl3O3/c1-13-8-16(28-12-14-6-7-18(25)19(26)9-14)11-20-22(13)23(27)21(29-20)10-15-4-2-3-5-17(15)24/h2-11H,12H2,1H3/b21-10-. The average molecular weight is 446 g/mol. The van der Waals surface area contributed by atoms with Crippen LogP contribution in [0.1, 0.15) is 27.0 Å². The lowest BCUT2D eigenvalue weighted by Gasteiger charge is -2.10. The van der Waals surface area contributed by atoms with Crippen LogP contribution in [-0.4, -0.2) is 5.78 Å². The third-order valence-electron chi connectivity index (χ3n) is 4.52. The van der Waals surface area contributed by atoms with Gasteiger partial charge in [-0.1, -0.05) is 59.1 Å². The highest BCUT2D eigenvalue weighted by atomic mass is 35.5. The Hall–Kier alpha value is -2.46. The van der Waals surface area contributed by atoms with Crippen molar-refractivity contribution in [1.82, 2.24) is 0 Å². The van der Waals surface area contributed by atoms with E-state index in [4.69, 9.17) is 44.3 Å². The molecule has 4 rings (SSSR count). The summed E-state index contributed by atoms with van der Waals surface area (Å²) >= 11 is 18.2. The number of fused-ring (bicyclic) bond motifs is 1. The molecule has 29 heavy (non-hydrogen) atoms. The van der Waals surface area contributed by atoms with Crippen LogP contribution in [0.2, 0.25) is 15.1 Å². The molecule has 0 aromatic heterocycles. The third-order valence-corrected chi connectivity index (χ3v) is 5.61. The Morgan fingerprint density at radius 1 is 0.966 bits per heavy atom. The maximum absolute atomic E-state index is 12.8. The quantitative estimate of drug-likeness (QED) is 0.400. The first kappa shape index (κ1) is 19.8. The second-order valence-electron chi connectivity index (χ2n) is 6.61. The molecule has 0 amide bonds. The van der Waals surface area contributed by atoms with Crippen LogP contribution >= 0.6 is 34.8 Å². The van der Waals surface area contributed by atoms with Crippen molar-refractivity contribution in [3.8, 4) is 11.5 Å². The number of ketones is 1. The molecule has 6 heteroatoms. The van der Waals surface area contributed by atoms with Crippen molar-refractivity contribution in [2.24, 2.45) is 0 Å². The number of aryl methyl sites for hydroxylation is 1. The largest absolute Gasteiger partial charge is 0.489 e. The summed E-state index contributed by atoms with van der Waals surface area (Å²) in [5, 5.41) is 1.52. The van der Waals surface area contributed by atoms with Gasteiger partial charge >= 0.3 is 0 Å². The lowest BCUT2D eigenvalue weighted by molar-refractivity contribution is 0.101. The number of allylic oxidation sites excluding steroid dienone is 1. The Bertz CT molecular complexity index is 1150. The van der Waals surface area contributed by atoms with Crippen molar-refractivity contribution < 1.29 is 14.3 Å². The first-order valence-electron chi connectivity index (χ1n) is 8.82. The van der Waals surface area contributed by atoms with Gasteiger partial charge in [-0.05, 0) is 54.0 Å². The van der Waals surface area contributed by atoms with Gasteiger partial charge in [0, 0.05) is 11.1 Å². The predicted octanol–water partition coefficient (Wildman–Crippen LogP) is 7.15. The monoisotopic (exact) mass is 444 g/mol. The highest BCUT2D eigenvalue weighted by molar-refractivity contribution is 6.42. The average Bonchev–Trinajstić information content (AvgIpc) is 3.00. The molecule has 0 saturated heterocycles. The Kier molecular flexibility index (Phi) is 5.55. The van der Waals surface area contributed by atoms with Gasteiger partial charge < -0.3 is 9.47 Å². The first-order chi connectivity index (χ1) is 13.9. The lowest BCUT2D eigenvalue weighted by atomic mass is 10.0. The van der Waals surface area contributed by atoms with E-state index in [1.807, 2.05) is 37.3 Å². The fourth-order valence-electron chi connectivity index (χ4n) is 3.09. The number of carbonyl (C=O) groups is 1. The molecule has 0 aliphatic carbocycles. The number of carbonyl (C=O) groups excluding carboxylic acids is 1. The molecular weight excluding hydrogens is 431 g/mol. The van der Waals surface area contributed by atoms with Crippen LogP contribution in [0.15, 0.2) is 60.4 Å². The molecule has 0 unspecified atom stereocenters. The highest BCUT2D eigenvalue weighted by Gasteiger charge is 2.30. The minimum atomic E-state index is -0.173. The van der Waals surface area contributed by atoms with Gasteiger partial charge in [-0.2, -0.15) is 0 Å². The minimum Gasteiger partial charge on any atom is -0.489 e. The number of hydrogen-bond acceptors (Lipinski definition) is 3. The zero-order valence-corrected chi connectivity index (χ0v) is 17.6. The maximum atomic E-state index is 12.8. The first-order valence-corrected chi connectivity index (χ1v) is 9.96. The molecule has 0 saturated carbocycles. The van der Waals surface area contributed by atoms with E-state index in [-0.39, 0.29) is 11.5 Å². The Balaban J connectivity index is 1.57. The molecule has 0 N–H and O–H groups in total. The van der Waals surface area contributed by atoms with Crippen molar-refractivity contribution in [2.75, 3.05) is 0 Å². The number of ether oxygens (including phenoxy) is 2. The number of benzene rings is 3. The van der Waals surface area contributed by atoms with Crippen LogP contribution in [-0.2, 0) is 6.61 Å². The van der Waals surface area contributed by atoms with E-state index in [1.54, 1.807) is 30.3 Å². The molecule has 0 radical (unpaired) electrons. The van der Waals surface area contributed by atoms with Crippen LogP contribution < -0.4 is 9.47 Å². The van der Waals surface area contributed by atoms with Crippen molar-refractivity contribution >= 4 is 46.7 Å². The zero-order valence-electron chi connectivity index (χ0n) is 15.3. The van der Waals surface area contributed by atoms with E-state index in [0.29, 0.717) is 38.7 Å². The molecular formula is C23H15Cl3O3. The van der Waals surface area contributed by atoms with Gasteiger partial charge in [0.25, 0.3) is 0 Å². The van der Waals surface area contributed by atoms with Crippen LogP contribution in [0.4, 0.5) is 0 Å². The van der Waals surface area contributed by atoms with Crippen molar-refractivity contribution in [3.05, 3.63) is 97.7 Å². The van der Waals surface area contributed by atoms with E-state index < -0.39 is 0 Å². The second-order valence-corrected chi connectivity index (χ2v) is 7.83. The van der Waals surface area contributed by atoms with E-state index >= 15 is 0 Å². The van der Waals surface area contributed by atoms with E-state index in [1.165, 1.54) is 0 Å². The zero-order chi connectivity index (χ0) is 20.5. The van der Waals surface area contributed by atoms with Gasteiger partial charge in [-0.15, -0.1) is 0 Å². The summed E-state index contributed by atoms with van der Waals surface area (Å²) in [7, 11) is 0. The summed E-state index contributed by atoms with van der Waals surface area (Å²) in [6.45, 7) is 2.16. The van der Waals surface area contributed by atoms with Gasteiger partial charge in [-0.25, -0.2) is 0 Å². The van der Waals surface area contributed by atoms with E-state index in [9.17, 15) is 4.79 Å². The molecule has 3 nitrogen and oxygen atoms in total. The van der Waals surface area contributed by atoms with Gasteiger partial charge in [0.2, 0.25) is 5.78 Å². The highest BCUT2D eigenvalue weighted by Crippen LogP contribution is 2.38. The molecule has 1 aliphatic rings. The number of rotatable bonds is 4. The predicted molar refractivity (Wildman–Crippen MR) is 116 cm³/mol. The van der Waals surface area contributed by atoms with E-state index in [0.717, 1.165) is 16.7 Å². The number of Topliss-reactive ketones (excluding diaryl/α,β-unsaturated/α-hetero) is 1. The summed E-state index contributed by atoms with van der Waals surface area (Å²) in [6.07, 6.45) is 1.65. The number of halogens is 3. The summed E-state index contributed by atoms with van der Waals surface area (Å²) in [5.41, 5.74) is 2.91. The van der Waals surface area contributed by atoms with Crippen molar-refractivity contribution in [3.63, 3.8) is 0 Å². The smallest absolute Gasteiger partial charge is 0.232 e. The molecule has 1 aliphatic heterocycles. The Morgan fingerprint density at radius 2 is 1.76 bits per heavy atom. The second kappa shape index (κ2) is 8.11. The van der Waals surface area contributed by atoms with Gasteiger partial charge in [-0.3, -0.25) is 4.79 Å². The van der Waals surface area contributed by atoms with E-state index in [2.05, 4.69) is 0 Å². The minimum absolute atomic E-state index is 0.173. The summed E-state index contributed by atoms with van der Waals surface area (Å²) in [5.74, 6) is 1.13. The fraction of sp³-hybridized carbons (Fsp3) is 0.0870. The molecule has 0 fully saturated rings. The van der Waals surface area contributed by atoms with Gasteiger partial charge in [0.05, 0.1) is 15.6 Å². The lowest BCUT2D eigenvalue weighted by Crippen LogP contribution is -2.00. The molecule has 1 heterocycles. The van der Waals surface area contributed by atoms with Crippen LogP contribution in [0.3, 0.4) is 0 Å². The third kappa shape index (κ3) is 4.13. The fourth-order valence-corrected chi connectivity index (χ4v) is 3.60. The Labute approximate surface area is 183 Å². The summed E-state index contributed by atoms with van der Waals surface area (Å²) < 4.78 is 11.7. The SMILES string of the molecule is Cc1cc(OCc2ccc(Cl)c(Cl)c2)cc2c1C(=O)/C(=C/c1ccccc1Cl)O2. The van der Waals surface area contributed by atoms with Crippen LogP contribution in [0.25, 0.3) is 6.08 Å². The van der Waals surface area contributed by atoms with Gasteiger partial charge in [0.15, 0.2) is 5.76 Å². The Morgan fingerprint density at radius 3 is 2.52 bits per heavy atom. The van der Waals surface area contributed by atoms with Crippen LogP contribution in [0, 0.1) is 6.92 Å². The topological polar surface area (TPSA) is 35.5 Å². The van der Waals surface area contributed by atoms with Gasteiger partial charge in [0.1, 0.15) is 18.1 Å².